The van der Waals surface area contributed by atoms with Gasteiger partial charge in [0.15, 0.2) is 0 Å². The number of amides is 1. The van der Waals surface area contributed by atoms with Gasteiger partial charge in [-0.2, -0.15) is 0 Å². The van der Waals surface area contributed by atoms with E-state index in [2.05, 4.69) is 30.8 Å². The van der Waals surface area contributed by atoms with Gasteiger partial charge in [0, 0.05) is 18.7 Å². The van der Waals surface area contributed by atoms with Crippen LogP contribution in [0.2, 0.25) is 0 Å². The van der Waals surface area contributed by atoms with Gasteiger partial charge in [-0.3, -0.25) is 4.79 Å². The Hall–Kier alpha value is -0.610. The summed E-state index contributed by atoms with van der Waals surface area (Å²) in [5.74, 6) is 0.244. The fourth-order valence-electron chi connectivity index (χ4n) is 3.31. The zero-order valence-electron chi connectivity index (χ0n) is 12.6. The molecule has 0 radical (unpaired) electrons. The fourth-order valence-corrected chi connectivity index (χ4v) is 3.31. The second kappa shape index (κ2) is 6.71. The summed E-state index contributed by atoms with van der Waals surface area (Å²) in [6.07, 6.45) is 6.38. The highest BCUT2D eigenvalue weighted by Gasteiger charge is 2.36. The predicted octanol–water partition coefficient (Wildman–Crippen LogP) is 1.89. The number of rotatable bonds is 4. The average Bonchev–Trinajstić information content (AvgIpc) is 2.89. The maximum atomic E-state index is 12.7. The highest BCUT2D eigenvalue weighted by atomic mass is 16.5. The molecule has 19 heavy (non-hydrogen) atoms. The number of nitrogens with zero attached hydrogens (tertiary/aromatic N) is 2. The van der Waals surface area contributed by atoms with Gasteiger partial charge in [0.05, 0.1) is 0 Å². The lowest BCUT2D eigenvalue weighted by Crippen LogP contribution is -2.53. The summed E-state index contributed by atoms with van der Waals surface area (Å²) in [6, 6.07) is 0.778. The number of hydrogen-bond acceptors (Lipinski definition) is 3. The highest BCUT2D eigenvalue weighted by Crippen LogP contribution is 2.28. The maximum absolute atomic E-state index is 12.7. The van der Waals surface area contributed by atoms with Crippen molar-refractivity contribution in [2.45, 2.75) is 63.6 Å². The Morgan fingerprint density at radius 3 is 2.68 bits per heavy atom. The summed E-state index contributed by atoms with van der Waals surface area (Å²) in [5.41, 5.74) is 0. The summed E-state index contributed by atoms with van der Waals surface area (Å²) in [6.45, 7) is 3.99. The molecule has 0 aromatic rings. The molecule has 2 saturated heterocycles. The Labute approximate surface area is 117 Å². The van der Waals surface area contributed by atoms with Crippen molar-refractivity contribution in [2.24, 2.45) is 0 Å². The minimum absolute atomic E-state index is 0.164. The first-order chi connectivity index (χ1) is 9.09. The Morgan fingerprint density at radius 2 is 2.05 bits per heavy atom. The molecule has 4 nitrogen and oxygen atoms in total. The molecule has 0 spiro atoms. The lowest BCUT2D eigenvalue weighted by atomic mass is 9.93. The number of ether oxygens (including phenoxy) is 1. The third-order valence-corrected chi connectivity index (χ3v) is 4.40. The van der Waals surface area contributed by atoms with Crippen molar-refractivity contribution < 1.29 is 9.53 Å². The van der Waals surface area contributed by atoms with Crippen molar-refractivity contribution in [1.29, 1.82) is 0 Å². The number of carbonyl (C=O) groups is 1. The van der Waals surface area contributed by atoms with Crippen LogP contribution < -0.4 is 0 Å². The third-order valence-electron chi connectivity index (χ3n) is 4.40. The average molecular weight is 268 g/mol. The smallest absolute Gasteiger partial charge is 0.252 e. The summed E-state index contributed by atoms with van der Waals surface area (Å²) in [4.78, 5) is 17.0. The van der Waals surface area contributed by atoms with Crippen molar-refractivity contribution in [3.8, 4) is 0 Å². The van der Waals surface area contributed by atoms with Gasteiger partial charge < -0.3 is 14.5 Å². The topological polar surface area (TPSA) is 32.8 Å². The monoisotopic (exact) mass is 268 g/mol. The van der Waals surface area contributed by atoms with E-state index in [9.17, 15) is 4.79 Å². The Balaban J connectivity index is 2.00. The van der Waals surface area contributed by atoms with Crippen molar-refractivity contribution >= 4 is 5.91 Å². The van der Waals surface area contributed by atoms with Gasteiger partial charge in [0.1, 0.15) is 6.10 Å². The molecular formula is C15H28N2O2. The third kappa shape index (κ3) is 3.69. The van der Waals surface area contributed by atoms with Crippen molar-refractivity contribution in [1.82, 2.24) is 9.80 Å². The normalized spacial score (nSPS) is 32.0. The Kier molecular flexibility index (Phi) is 5.22. The molecular weight excluding hydrogens is 240 g/mol. The van der Waals surface area contributed by atoms with E-state index in [0.717, 1.165) is 45.3 Å². The van der Waals surface area contributed by atoms with Crippen LogP contribution in [0.4, 0.5) is 0 Å². The van der Waals surface area contributed by atoms with Crippen LogP contribution in [0, 0.1) is 0 Å². The predicted molar refractivity (Wildman–Crippen MR) is 76.1 cm³/mol. The van der Waals surface area contributed by atoms with E-state index in [-0.39, 0.29) is 12.0 Å². The largest absolute Gasteiger partial charge is 0.368 e. The van der Waals surface area contributed by atoms with Crippen molar-refractivity contribution in [2.75, 3.05) is 27.2 Å². The molecule has 2 aliphatic heterocycles. The maximum Gasteiger partial charge on any atom is 0.252 e. The summed E-state index contributed by atoms with van der Waals surface area (Å²) in [5, 5.41) is 0. The SMILES string of the molecule is CC1CCCC(CCN(C)C)N1C(=O)[C@H]1CCCO1. The summed E-state index contributed by atoms with van der Waals surface area (Å²) >= 11 is 0. The molecule has 0 aromatic carbocycles. The van der Waals surface area contributed by atoms with E-state index in [4.69, 9.17) is 4.74 Å². The van der Waals surface area contributed by atoms with Gasteiger partial charge in [0.2, 0.25) is 0 Å². The molecule has 4 heteroatoms. The second-order valence-corrected chi connectivity index (χ2v) is 6.27. The number of likely N-dealkylation sites (tertiary alicyclic amines) is 1. The van der Waals surface area contributed by atoms with Gasteiger partial charge in [-0.1, -0.05) is 0 Å². The molecule has 2 fully saturated rings. The minimum atomic E-state index is -0.164. The van der Waals surface area contributed by atoms with Gasteiger partial charge in [-0.05, 0) is 66.1 Å². The van der Waals surface area contributed by atoms with Crippen LogP contribution in [0.1, 0.15) is 45.4 Å². The molecule has 3 atom stereocenters. The Bertz CT molecular complexity index is 301. The molecule has 2 aliphatic rings. The zero-order valence-corrected chi connectivity index (χ0v) is 12.6. The molecule has 0 bridgehead atoms. The quantitative estimate of drug-likeness (QED) is 0.780. The van der Waals surface area contributed by atoms with Gasteiger partial charge >= 0.3 is 0 Å². The highest BCUT2D eigenvalue weighted by molar-refractivity contribution is 5.81. The van der Waals surface area contributed by atoms with E-state index in [1.165, 1.54) is 6.42 Å². The van der Waals surface area contributed by atoms with Gasteiger partial charge in [-0.25, -0.2) is 0 Å². The zero-order chi connectivity index (χ0) is 13.8. The second-order valence-electron chi connectivity index (χ2n) is 6.27. The molecule has 2 heterocycles. The van der Waals surface area contributed by atoms with Crippen LogP contribution in [-0.2, 0) is 9.53 Å². The van der Waals surface area contributed by atoms with E-state index in [1.807, 2.05) is 0 Å². The number of piperidine rings is 1. The standard InChI is InChI=1S/C15H28N2O2/c1-12-6-4-7-13(9-10-16(2)3)17(12)15(18)14-8-5-11-19-14/h12-14H,4-11H2,1-3H3/t12?,13?,14-/m1/s1. The van der Waals surface area contributed by atoms with Crippen molar-refractivity contribution in [3.63, 3.8) is 0 Å². The van der Waals surface area contributed by atoms with E-state index < -0.39 is 0 Å². The first kappa shape index (κ1) is 14.8. The molecule has 2 rings (SSSR count). The van der Waals surface area contributed by atoms with Gasteiger partial charge in [0.25, 0.3) is 5.91 Å². The molecule has 0 aliphatic carbocycles. The van der Waals surface area contributed by atoms with Crippen LogP contribution in [0.15, 0.2) is 0 Å². The van der Waals surface area contributed by atoms with E-state index in [1.54, 1.807) is 0 Å². The lowest BCUT2D eigenvalue weighted by Gasteiger charge is -2.42. The van der Waals surface area contributed by atoms with E-state index in [0.29, 0.717) is 12.1 Å². The van der Waals surface area contributed by atoms with Gasteiger partial charge in [-0.15, -0.1) is 0 Å². The first-order valence-corrected chi connectivity index (χ1v) is 7.68. The van der Waals surface area contributed by atoms with Crippen LogP contribution in [0.25, 0.3) is 0 Å². The molecule has 1 amide bonds. The molecule has 2 unspecified atom stereocenters. The Morgan fingerprint density at radius 1 is 1.26 bits per heavy atom. The van der Waals surface area contributed by atoms with Crippen LogP contribution in [0.5, 0.6) is 0 Å². The molecule has 0 saturated carbocycles. The molecule has 0 aromatic heterocycles. The van der Waals surface area contributed by atoms with Crippen LogP contribution in [0.3, 0.4) is 0 Å². The number of hydrogen-bond donors (Lipinski definition) is 0. The molecule has 0 N–H and O–H groups in total. The van der Waals surface area contributed by atoms with Crippen LogP contribution in [-0.4, -0.2) is 61.1 Å². The fraction of sp³-hybridized carbons (Fsp3) is 0.933. The summed E-state index contributed by atoms with van der Waals surface area (Å²) in [7, 11) is 4.19. The van der Waals surface area contributed by atoms with Crippen LogP contribution >= 0.6 is 0 Å². The number of carbonyl (C=O) groups excluding carboxylic acids is 1. The first-order valence-electron chi connectivity index (χ1n) is 7.68. The van der Waals surface area contributed by atoms with E-state index >= 15 is 0 Å². The minimum Gasteiger partial charge on any atom is -0.368 e. The summed E-state index contributed by atoms with van der Waals surface area (Å²) < 4.78 is 5.59. The molecule has 110 valence electrons. The van der Waals surface area contributed by atoms with Crippen molar-refractivity contribution in [3.05, 3.63) is 0 Å². The lowest BCUT2D eigenvalue weighted by molar-refractivity contribution is -0.148.